The Balaban J connectivity index is 1.53. The number of amides is 2. The van der Waals surface area contributed by atoms with E-state index >= 15 is 0 Å². The Morgan fingerprint density at radius 2 is 1.62 bits per heavy atom. The van der Waals surface area contributed by atoms with E-state index in [9.17, 15) is 9.59 Å². The van der Waals surface area contributed by atoms with Crippen molar-refractivity contribution in [2.75, 3.05) is 18.4 Å². The van der Waals surface area contributed by atoms with E-state index in [1.54, 1.807) is 0 Å². The van der Waals surface area contributed by atoms with E-state index in [0.717, 1.165) is 68.4 Å². The molecule has 4 heteroatoms. The van der Waals surface area contributed by atoms with Crippen molar-refractivity contribution in [3.05, 3.63) is 29.3 Å². The summed E-state index contributed by atoms with van der Waals surface area (Å²) in [6, 6.07) is 6.12. The number of aryl methyl sites for hydroxylation is 2. The summed E-state index contributed by atoms with van der Waals surface area (Å²) < 4.78 is 0. The van der Waals surface area contributed by atoms with Crippen LogP contribution in [0.2, 0.25) is 0 Å². The van der Waals surface area contributed by atoms with Crippen molar-refractivity contribution in [2.24, 2.45) is 11.8 Å². The van der Waals surface area contributed by atoms with Gasteiger partial charge in [-0.1, -0.05) is 12.1 Å². The number of nitrogens with one attached hydrogen (secondary N) is 1. The first-order valence-electron chi connectivity index (χ1n) is 9.21. The minimum atomic E-state index is 0.0348. The van der Waals surface area contributed by atoms with Gasteiger partial charge in [0.1, 0.15) is 0 Å². The molecule has 1 aliphatic carbocycles. The van der Waals surface area contributed by atoms with Crippen molar-refractivity contribution < 1.29 is 9.59 Å². The SMILES string of the molecule is Cc1ccc(C)c(NC(=O)C2CCC(C(=O)N3CCCC3)CC2)c1. The highest BCUT2D eigenvalue weighted by Gasteiger charge is 2.33. The molecule has 24 heavy (non-hydrogen) atoms. The maximum Gasteiger partial charge on any atom is 0.227 e. The molecule has 1 aromatic rings. The highest BCUT2D eigenvalue weighted by Crippen LogP contribution is 2.32. The number of carbonyl (C=O) groups excluding carboxylic acids is 2. The predicted octanol–water partition coefficient (Wildman–Crippen LogP) is 3.67. The molecular formula is C20H28N2O2. The first kappa shape index (κ1) is 17.0. The summed E-state index contributed by atoms with van der Waals surface area (Å²) in [6.07, 6.45) is 5.61. The Bertz CT molecular complexity index is 612. The number of carbonyl (C=O) groups is 2. The summed E-state index contributed by atoms with van der Waals surface area (Å²) in [5.41, 5.74) is 3.15. The lowest BCUT2D eigenvalue weighted by atomic mass is 9.81. The zero-order chi connectivity index (χ0) is 17.1. The molecule has 1 heterocycles. The minimum absolute atomic E-state index is 0.0348. The summed E-state index contributed by atoms with van der Waals surface area (Å²) in [6.45, 7) is 5.89. The standard InChI is InChI=1S/C20H28N2O2/c1-14-5-6-15(2)18(13-14)21-19(23)16-7-9-17(10-8-16)20(24)22-11-3-4-12-22/h5-6,13,16-17H,3-4,7-12H2,1-2H3,(H,21,23). The fourth-order valence-corrected chi connectivity index (χ4v) is 3.90. The molecule has 130 valence electrons. The second-order valence-electron chi connectivity index (χ2n) is 7.39. The molecule has 0 radical (unpaired) electrons. The van der Waals surface area contributed by atoms with Crippen LogP contribution in [0.15, 0.2) is 18.2 Å². The third-order valence-electron chi connectivity index (χ3n) is 5.52. The molecule has 2 fully saturated rings. The van der Waals surface area contributed by atoms with Crippen molar-refractivity contribution in [3.63, 3.8) is 0 Å². The van der Waals surface area contributed by atoms with Gasteiger partial charge < -0.3 is 10.2 Å². The van der Waals surface area contributed by atoms with Crippen LogP contribution in [0, 0.1) is 25.7 Å². The van der Waals surface area contributed by atoms with Crippen molar-refractivity contribution in [1.29, 1.82) is 0 Å². The Kier molecular flexibility index (Phi) is 5.22. The summed E-state index contributed by atoms with van der Waals surface area (Å²) >= 11 is 0. The van der Waals surface area contributed by atoms with Crippen LogP contribution < -0.4 is 5.32 Å². The van der Waals surface area contributed by atoms with Gasteiger partial charge in [-0.25, -0.2) is 0 Å². The van der Waals surface area contributed by atoms with Gasteiger partial charge in [0.2, 0.25) is 11.8 Å². The van der Waals surface area contributed by atoms with Crippen molar-refractivity contribution in [2.45, 2.75) is 52.4 Å². The monoisotopic (exact) mass is 328 g/mol. The number of benzene rings is 1. The molecule has 1 aliphatic heterocycles. The van der Waals surface area contributed by atoms with Gasteiger partial charge in [-0.2, -0.15) is 0 Å². The van der Waals surface area contributed by atoms with Crippen LogP contribution in [-0.4, -0.2) is 29.8 Å². The lowest BCUT2D eigenvalue weighted by Crippen LogP contribution is -2.37. The first-order chi connectivity index (χ1) is 11.5. The summed E-state index contributed by atoms with van der Waals surface area (Å²) in [5.74, 6) is 0.594. The molecule has 0 unspecified atom stereocenters. The van der Waals surface area contributed by atoms with Crippen molar-refractivity contribution in [1.82, 2.24) is 4.90 Å². The summed E-state index contributed by atoms with van der Waals surface area (Å²) in [5, 5.41) is 3.09. The number of hydrogen-bond donors (Lipinski definition) is 1. The van der Waals surface area contributed by atoms with Gasteiger partial charge in [0.25, 0.3) is 0 Å². The van der Waals surface area contributed by atoms with Crippen molar-refractivity contribution in [3.8, 4) is 0 Å². The topological polar surface area (TPSA) is 49.4 Å². The molecule has 4 nitrogen and oxygen atoms in total. The molecule has 0 bridgehead atoms. The van der Waals surface area contributed by atoms with Crippen LogP contribution in [0.4, 0.5) is 5.69 Å². The van der Waals surface area contributed by atoms with Gasteiger partial charge in [0.15, 0.2) is 0 Å². The van der Waals surface area contributed by atoms with E-state index in [4.69, 9.17) is 0 Å². The van der Waals surface area contributed by atoms with E-state index in [2.05, 4.69) is 11.4 Å². The van der Waals surface area contributed by atoms with E-state index < -0.39 is 0 Å². The van der Waals surface area contributed by atoms with Crippen LogP contribution >= 0.6 is 0 Å². The Labute approximate surface area is 144 Å². The number of nitrogens with zero attached hydrogens (tertiary/aromatic N) is 1. The predicted molar refractivity (Wildman–Crippen MR) is 95.8 cm³/mol. The van der Waals surface area contributed by atoms with E-state index in [1.807, 2.05) is 30.9 Å². The van der Waals surface area contributed by atoms with Crippen LogP contribution in [0.1, 0.15) is 49.7 Å². The van der Waals surface area contributed by atoms with E-state index in [0.29, 0.717) is 5.91 Å². The van der Waals surface area contributed by atoms with Gasteiger partial charge in [-0.15, -0.1) is 0 Å². The Morgan fingerprint density at radius 3 is 2.29 bits per heavy atom. The summed E-state index contributed by atoms with van der Waals surface area (Å²) in [7, 11) is 0. The minimum Gasteiger partial charge on any atom is -0.342 e. The fraction of sp³-hybridized carbons (Fsp3) is 0.600. The van der Waals surface area contributed by atoms with Gasteiger partial charge >= 0.3 is 0 Å². The van der Waals surface area contributed by atoms with Gasteiger partial charge in [0, 0.05) is 30.6 Å². The highest BCUT2D eigenvalue weighted by molar-refractivity contribution is 5.93. The van der Waals surface area contributed by atoms with Crippen LogP contribution in [0.3, 0.4) is 0 Å². The molecule has 0 spiro atoms. The smallest absolute Gasteiger partial charge is 0.227 e. The normalized spacial score (nSPS) is 24.0. The second kappa shape index (κ2) is 7.37. The molecule has 0 aromatic heterocycles. The Morgan fingerprint density at radius 1 is 1.00 bits per heavy atom. The van der Waals surface area contributed by atoms with Crippen LogP contribution in [0.5, 0.6) is 0 Å². The maximum atomic E-state index is 12.6. The van der Waals surface area contributed by atoms with Gasteiger partial charge in [-0.3, -0.25) is 9.59 Å². The van der Waals surface area contributed by atoms with Crippen molar-refractivity contribution >= 4 is 17.5 Å². The average Bonchev–Trinajstić information content (AvgIpc) is 3.12. The maximum absolute atomic E-state index is 12.6. The Hall–Kier alpha value is -1.84. The second-order valence-corrected chi connectivity index (χ2v) is 7.39. The zero-order valence-electron chi connectivity index (χ0n) is 14.8. The third kappa shape index (κ3) is 3.80. The van der Waals surface area contributed by atoms with Crippen LogP contribution in [0.25, 0.3) is 0 Å². The number of likely N-dealkylation sites (tertiary alicyclic amines) is 1. The molecule has 1 N–H and O–H groups in total. The number of rotatable bonds is 3. The molecular weight excluding hydrogens is 300 g/mol. The molecule has 1 saturated carbocycles. The fourth-order valence-electron chi connectivity index (χ4n) is 3.90. The van der Waals surface area contributed by atoms with E-state index in [-0.39, 0.29) is 17.7 Å². The van der Waals surface area contributed by atoms with Gasteiger partial charge in [0.05, 0.1) is 0 Å². The zero-order valence-corrected chi connectivity index (χ0v) is 14.8. The number of anilines is 1. The number of hydrogen-bond acceptors (Lipinski definition) is 2. The quantitative estimate of drug-likeness (QED) is 0.920. The van der Waals surface area contributed by atoms with Gasteiger partial charge in [-0.05, 0) is 69.6 Å². The first-order valence-corrected chi connectivity index (χ1v) is 9.21. The summed E-state index contributed by atoms with van der Waals surface area (Å²) in [4.78, 5) is 27.0. The van der Waals surface area contributed by atoms with E-state index in [1.165, 1.54) is 0 Å². The van der Waals surface area contributed by atoms with Crippen LogP contribution in [-0.2, 0) is 9.59 Å². The molecule has 1 aromatic carbocycles. The molecule has 0 atom stereocenters. The third-order valence-corrected chi connectivity index (χ3v) is 5.52. The molecule has 1 saturated heterocycles. The molecule has 2 amide bonds. The lowest BCUT2D eigenvalue weighted by Gasteiger charge is -2.30. The molecule has 3 rings (SSSR count). The highest BCUT2D eigenvalue weighted by atomic mass is 16.2. The average molecular weight is 328 g/mol. The largest absolute Gasteiger partial charge is 0.342 e. The molecule has 2 aliphatic rings. The lowest BCUT2D eigenvalue weighted by molar-refractivity contribution is -0.136.